The lowest BCUT2D eigenvalue weighted by Gasteiger charge is -2.17. The Bertz CT molecular complexity index is 466. The number of aliphatic hydroxyl groups is 3. The summed E-state index contributed by atoms with van der Waals surface area (Å²) >= 11 is 0. The van der Waals surface area contributed by atoms with Crippen LogP contribution in [0, 0.1) is 0 Å². The van der Waals surface area contributed by atoms with E-state index in [0.29, 0.717) is 5.56 Å². The number of aliphatic hydroxyl groups excluding tert-OH is 3. The van der Waals surface area contributed by atoms with Crippen LogP contribution >= 0.6 is 0 Å². The van der Waals surface area contributed by atoms with E-state index in [1.54, 1.807) is 12.1 Å². The van der Waals surface area contributed by atoms with Gasteiger partial charge in [0, 0.05) is 18.3 Å². The molecule has 0 spiro atoms. The van der Waals surface area contributed by atoms with E-state index in [2.05, 4.69) is 4.98 Å². The molecule has 0 saturated carbocycles. The summed E-state index contributed by atoms with van der Waals surface area (Å²) in [5.41, 5.74) is 1.57. The molecule has 0 aliphatic heterocycles. The molecule has 4 heteroatoms. The summed E-state index contributed by atoms with van der Waals surface area (Å²) in [7, 11) is 0. The van der Waals surface area contributed by atoms with Gasteiger partial charge < -0.3 is 20.3 Å². The molecule has 0 aliphatic rings. The highest BCUT2D eigenvalue weighted by Crippen LogP contribution is 2.22. The van der Waals surface area contributed by atoms with E-state index >= 15 is 0 Å². The van der Waals surface area contributed by atoms with Gasteiger partial charge in [-0.15, -0.1) is 0 Å². The van der Waals surface area contributed by atoms with E-state index in [0.717, 1.165) is 10.9 Å². The van der Waals surface area contributed by atoms with Crippen molar-refractivity contribution >= 4 is 10.9 Å². The molecule has 0 radical (unpaired) electrons. The largest absolute Gasteiger partial charge is 0.396 e. The Kier molecular flexibility index (Phi) is 3.24. The Hall–Kier alpha value is -1.36. The van der Waals surface area contributed by atoms with E-state index in [1.807, 2.05) is 18.3 Å². The molecule has 1 heterocycles. The van der Waals surface area contributed by atoms with E-state index in [4.69, 9.17) is 5.11 Å². The van der Waals surface area contributed by atoms with Gasteiger partial charge in [0.1, 0.15) is 6.10 Å². The van der Waals surface area contributed by atoms with Gasteiger partial charge in [0.15, 0.2) is 0 Å². The van der Waals surface area contributed by atoms with Crippen molar-refractivity contribution in [3.63, 3.8) is 0 Å². The zero-order valence-electron chi connectivity index (χ0n) is 8.80. The van der Waals surface area contributed by atoms with Crippen LogP contribution in [0.5, 0.6) is 0 Å². The van der Waals surface area contributed by atoms with Gasteiger partial charge in [0.25, 0.3) is 0 Å². The number of aromatic nitrogens is 1. The number of fused-ring (bicyclic) bond motifs is 1. The second kappa shape index (κ2) is 4.65. The second-order valence-corrected chi connectivity index (χ2v) is 3.85. The maximum atomic E-state index is 9.84. The third-order valence-corrected chi connectivity index (χ3v) is 2.71. The molecule has 0 amide bonds. The molecule has 16 heavy (non-hydrogen) atoms. The third-order valence-electron chi connectivity index (χ3n) is 2.71. The minimum Gasteiger partial charge on any atom is -0.396 e. The van der Waals surface area contributed by atoms with Crippen molar-refractivity contribution in [3.8, 4) is 0 Å². The van der Waals surface area contributed by atoms with Crippen LogP contribution in [0.2, 0.25) is 0 Å². The van der Waals surface area contributed by atoms with E-state index in [1.165, 1.54) is 0 Å². The molecule has 2 rings (SSSR count). The Morgan fingerprint density at radius 3 is 2.75 bits per heavy atom. The molecular formula is C12H15NO3. The van der Waals surface area contributed by atoms with Crippen LogP contribution in [0.3, 0.4) is 0 Å². The molecule has 0 fully saturated rings. The standard InChI is InChI=1S/C12H15NO3/c14-6-4-11(15)12(16)9-2-1-8-3-5-13-10(8)7-9/h1-3,5,7,11-16H,4,6H2. The van der Waals surface area contributed by atoms with Gasteiger partial charge in [-0.3, -0.25) is 0 Å². The Labute approximate surface area is 93.2 Å². The lowest BCUT2D eigenvalue weighted by molar-refractivity contribution is 0.00428. The molecule has 0 saturated heterocycles. The van der Waals surface area contributed by atoms with Crippen molar-refractivity contribution in [2.75, 3.05) is 6.61 Å². The normalized spacial score (nSPS) is 15.2. The smallest absolute Gasteiger partial charge is 0.105 e. The number of rotatable bonds is 4. The van der Waals surface area contributed by atoms with Gasteiger partial charge >= 0.3 is 0 Å². The highest BCUT2D eigenvalue weighted by Gasteiger charge is 2.17. The number of nitrogens with one attached hydrogen (secondary N) is 1. The number of hydrogen-bond acceptors (Lipinski definition) is 3. The first kappa shape index (κ1) is 11.1. The molecular weight excluding hydrogens is 206 g/mol. The molecule has 1 aromatic heterocycles. The molecule has 0 bridgehead atoms. The molecule has 4 nitrogen and oxygen atoms in total. The first-order chi connectivity index (χ1) is 7.72. The van der Waals surface area contributed by atoms with Crippen LogP contribution in [0.4, 0.5) is 0 Å². The average Bonchev–Trinajstić information content (AvgIpc) is 2.75. The van der Waals surface area contributed by atoms with Gasteiger partial charge in [-0.2, -0.15) is 0 Å². The van der Waals surface area contributed by atoms with E-state index in [9.17, 15) is 10.2 Å². The fraction of sp³-hybridized carbons (Fsp3) is 0.333. The van der Waals surface area contributed by atoms with Crippen molar-refractivity contribution in [1.82, 2.24) is 4.98 Å². The number of benzene rings is 1. The molecule has 2 unspecified atom stereocenters. The lowest BCUT2D eigenvalue weighted by Crippen LogP contribution is -2.19. The fourth-order valence-corrected chi connectivity index (χ4v) is 1.76. The first-order valence-electron chi connectivity index (χ1n) is 5.26. The van der Waals surface area contributed by atoms with Gasteiger partial charge in [-0.05, 0) is 29.5 Å². The quantitative estimate of drug-likeness (QED) is 0.620. The maximum Gasteiger partial charge on any atom is 0.105 e. The van der Waals surface area contributed by atoms with Crippen LogP contribution in [0.25, 0.3) is 10.9 Å². The number of hydrogen-bond donors (Lipinski definition) is 4. The summed E-state index contributed by atoms with van der Waals surface area (Å²) in [6.45, 7) is -0.136. The van der Waals surface area contributed by atoms with E-state index in [-0.39, 0.29) is 13.0 Å². The Balaban J connectivity index is 2.24. The van der Waals surface area contributed by atoms with Crippen LogP contribution < -0.4 is 0 Å². The van der Waals surface area contributed by atoms with Crippen molar-refractivity contribution in [3.05, 3.63) is 36.0 Å². The van der Waals surface area contributed by atoms with Crippen molar-refractivity contribution < 1.29 is 15.3 Å². The SMILES string of the molecule is OCCC(O)C(O)c1ccc2cc[nH]c2c1. The number of H-pyrrole nitrogens is 1. The van der Waals surface area contributed by atoms with Gasteiger partial charge in [-0.1, -0.05) is 12.1 Å². The Morgan fingerprint density at radius 2 is 2.00 bits per heavy atom. The topological polar surface area (TPSA) is 76.5 Å². The summed E-state index contributed by atoms with van der Waals surface area (Å²) in [4.78, 5) is 3.04. The number of aromatic amines is 1. The Morgan fingerprint density at radius 1 is 1.19 bits per heavy atom. The molecule has 86 valence electrons. The molecule has 4 N–H and O–H groups in total. The lowest BCUT2D eigenvalue weighted by atomic mass is 10.0. The van der Waals surface area contributed by atoms with Crippen molar-refractivity contribution in [1.29, 1.82) is 0 Å². The van der Waals surface area contributed by atoms with Crippen LogP contribution in [0.15, 0.2) is 30.5 Å². The van der Waals surface area contributed by atoms with Gasteiger partial charge in [-0.25, -0.2) is 0 Å². The average molecular weight is 221 g/mol. The monoisotopic (exact) mass is 221 g/mol. The third kappa shape index (κ3) is 2.09. The molecule has 2 aromatic rings. The first-order valence-corrected chi connectivity index (χ1v) is 5.26. The fourth-order valence-electron chi connectivity index (χ4n) is 1.76. The van der Waals surface area contributed by atoms with Crippen molar-refractivity contribution in [2.24, 2.45) is 0 Å². The summed E-state index contributed by atoms with van der Waals surface area (Å²) < 4.78 is 0. The van der Waals surface area contributed by atoms with Crippen LogP contribution in [-0.2, 0) is 0 Å². The molecule has 1 aromatic carbocycles. The zero-order chi connectivity index (χ0) is 11.5. The van der Waals surface area contributed by atoms with E-state index < -0.39 is 12.2 Å². The molecule has 0 aliphatic carbocycles. The summed E-state index contributed by atoms with van der Waals surface area (Å²) in [5.74, 6) is 0. The van der Waals surface area contributed by atoms with Gasteiger partial charge in [0.2, 0.25) is 0 Å². The van der Waals surface area contributed by atoms with Crippen LogP contribution in [-0.4, -0.2) is 33.0 Å². The minimum absolute atomic E-state index is 0.136. The van der Waals surface area contributed by atoms with Crippen LogP contribution in [0.1, 0.15) is 18.1 Å². The highest BCUT2D eigenvalue weighted by atomic mass is 16.3. The summed E-state index contributed by atoms with van der Waals surface area (Å²) in [5, 5.41) is 29.2. The minimum atomic E-state index is -0.958. The summed E-state index contributed by atoms with van der Waals surface area (Å²) in [6.07, 6.45) is 0.104. The maximum absolute atomic E-state index is 9.84. The zero-order valence-corrected chi connectivity index (χ0v) is 8.80. The highest BCUT2D eigenvalue weighted by molar-refractivity contribution is 5.79. The van der Waals surface area contributed by atoms with Crippen molar-refractivity contribution in [2.45, 2.75) is 18.6 Å². The molecule has 2 atom stereocenters. The summed E-state index contributed by atoms with van der Waals surface area (Å²) in [6, 6.07) is 7.41. The predicted octanol–water partition coefficient (Wildman–Crippen LogP) is 0.945. The van der Waals surface area contributed by atoms with Gasteiger partial charge in [0.05, 0.1) is 6.10 Å². The predicted molar refractivity (Wildman–Crippen MR) is 61.0 cm³/mol. The second-order valence-electron chi connectivity index (χ2n) is 3.85.